The molecule has 4 heteroatoms. The molecule has 1 N–H and O–H groups in total. The summed E-state index contributed by atoms with van der Waals surface area (Å²) in [6, 6.07) is 7.42. The van der Waals surface area contributed by atoms with Crippen molar-refractivity contribution in [2.45, 2.75) is 96.9 Å². The van der Waals surface area contributed by atoms with Gasteiger partial charge in [-0.3, -0.25) is 0 Å². The first-order valence-corrected chi connectivity index (χ1v) is 13.6. The Morgan fingerprint density at radius 1 is 0.500 bits per heavy atom. The molecule has 215 valence electrons. The maximum atomic E-state index is 10.8. The van der Waals surface area contributed by atoms with Crippen LogP contribution in [0.5, 0.6) is 0 Å². The van der Waals surface area contributed by atoms with E-state index in [-0.39, 0.29) is 25.8 Å². The molecule has 0 saturated carbocycles. The Kier molecular flexibility index (Phi) is 10.3. The smallest absolute Gasteiger partial charge is 0.354 e. The topological polar surface area (TPSA) is 50.2 Å². The number of hydrogen-bond acceptors (Lipinski definition) is 2. The summed E-state index contributed by atoms with van der Waals surface area (Å²) in [5.41, 5.74) is 19.7. The molecule has 0 unspecified atom stereocenters. The van der Waals surface area contributed by atoms with Gasteiger partial charge in [0.2, 0.25) is 0 Å². The summed E-state index contributed by atoms with van der Waals surface area (Å²) in [7, 11) is 0. The predicted octanol–water partition coefficient (Wildman–Crippen LogP) is 9.20. The summed E-state index contributed by atoms with van der Waals surface area (Å²) >= 11 is 0. The molecule has 0 fully saturated rings. The van der Waals surface area contributed by atoms with Crippen LogP contribution >= 0.6 is 0 Å². The minimum absolute atomic E-state index is 0. The van der Waals surface area contributed by atoms with Gasteiger partial charge < -0.3 is 5.11 Å². The van der Waals surface area contributed by atoms with Crippen LogP contribution in [0.1, 0.15) is 88.5 Å². The van der Waals surface area contributed by atoms with E-state index in [0.29, 0.717) is 0 Å². The largest absolute Gasteiger partial charge is 0.477 e. The second-order valence-corrected chi connectivity index (χ2v) is 11.2. The van der Waals surface area contributed by atoms with E-state index in [1.165, 1.54) is 77.5 Å². The van der Waals surface area contributed by atoms with Crippen molar-refractivity contribution >= 4 is 16.7 Å². The van der Waals surface area contributed by atoms with Gasteiger partial charge in [-0.1, -0.05) is 58.2 Å². The Morgan fingerprint density at radius 3 is 1.45 bits per heavy atom. The molecule has 0 aliphatic rings. The number of aromatic nitrogens is 1. The SMILES string of the molecule is Cc1[c-]c(-c2[c-]c(C)c(C)c3c(C)c(C)c(C)c(C)c23)c(C)c(C)c1C.Cc1nc(C(=O)O)c(C)c(C)c1C.[Ir]. The van der Waals surface area contributed by atoms with E-state index >= 15 is 0 Å². The number of carboxylic acid groups (broad SMARTS) is 1. The first-order valence-electron chi connectivity index (χ1n) is 13.6. The van der Waals surface area contributed by atoms with E-state index in [4.69, 9.17) is 5.11 Å². The number of benzene rings is 3. The van der Waals surface area contributed by atoms with Crippen LogP contribution in [0.25, 0.3) is 21.9 Å². The van der Waals surface area contributed by atoms with Gasteiger partial charge in [-0.05, 0) is 77.6 Å². The molecule has 0 bridgehead atoms. The maximum Gasteiger partial charge on any atom is 0.354 e. The molecular formula is C36H43IrNO2-2. The Hall–Kier alpha value is -2.81. The zero-order valence-corrected chi connectivity index (χ0v) is 29.0. The summed E-state index contributed by atoms with van der Waals surface area (Å²) in [5, 5.41) is 11.6. The van der Waals surface area contributed by atoms with Gasteiger partial charge in [-0.25, -0.2) is 20.9 Å². The first-order chi connectivity index (χ1) is 18.0. The van der Waals surface area contributed by atoms with Crippen molar-refractivity contribution in [1.82, 2.24) is 4.98 Å². The summed E-state index contributed by atoms with van der Waals surface area (Å²) in [5.74, 6) is -0.955. The van der Waals surface area contributed by atoms with Crippen molar-refractivity contribution in [3.8, 4) is 11.1 Å². The number of aryl methyl sites for hydroxylation is 6. The summed E-state index contributed by atoms with van der Waals surface area (Å²) in [6.07, 6.45) is 0. The Labute approximate surface area is 254 Å². The van der Waals surface area contributed by atoms with Crippen LogP contribution in [0.2, 0.25) is 0 Å². The fourth-order valence-electron chi connectivity index (χ4n) is 5.46. The molecule has 4 rings (SSSR count). The minimum atomic E-state index is -0.955. The minimum Gasteiger partial charge on any atom is -0.477 e. The molecule has 1 heterocycles. The van der Waals surface area contributed by atoms with E-state index < -0.39 is 5.97 Å². The molecule has 1 radical (unpaired) electrons. The molecule has 1 aromatic heterocycles. The van der Waals surface area contributed by atoms with E-state index in [2.05, 4.69) is 86.4 Å². The molecule has 4 aromatic rings. The molecule has 40 heavy (non-hydrogen) atoms. The van der Waals surface area contributed by atoms with Crippen LogP contribution in [-0.4, -0.2) is 16.1 Å². The number of nitrogens with zero attached hydrogens (tertiary/aromatic N) is 1. The third-order valence-electron chi connectivity index (χ3n) is 9.32. The fraction of sp³-hybridized carbons (Fsp3) is 0.389. The number of carbonyl (C=O) groups is 1. The van der Waals surface area contributed by atoms with Gasteiger partial charge in [0.1, 0.15) is 0 Å². The molecule has 0 aliphatic carbocycles. The Bertz CT molecular complexity index is 1660. The number of carboxylic acids is 1. The fourth-order valence-corrected chi connectivity index (χ4v) is 5.46. The van der Waals surface area contributed by atoms with Gasteiger partial charge in [0.05, 0.1) is 0 Å². The van der Waals surface area contributed by atoms with Crippen LogP contribution in [0.3, 0.4) is 0 Å². The zero-order chi connectivity index (χ0) is 29.7. The number of pyridine rings is 1. The van der Waals surface area contributed by atoms with Crippen LogP contribution in [0, 0.1) is 109 Å². The zero-order valence-electron chi connectivity index (χ0n) is 26.6. The van der Waals surface area contributed by atoms with Crippen LogP contribution in [0.4, 0.5) is 0 Å². The van der Waals surface area contributed by atoms with E-state index in [1.807, 2.05) is 20.8 Å². The van der Waals surface area contributed by atoms with Crippen LogP contribution < -0.4 is 0 Å². The molecule has 0 saturated heterocycles. The van der Waals surface area contributed by atoms with Gasteiger partial charge in [-0.15, -0.1) is 38.6 Å². The van der Waals surface area contributed by atoms with Crippen molar-refractivity contribution in [3.63, 3.8) is 0 Å². The van der Waals surface area contributed by atoms with Crippen molar-refractivity contribution in [1.29, 1.82) is 0 Å². The third-order valence-corrected chi connectivity index (χ3v) is 9.32. The molecule has 0 amide bonds. The number of aromatic carboxylic acids is 1. The van der Waals surface area contributed by atoms with Crippen molar-refractivity contribution in [2.24, 2.45) is 0 Å². The summed E-state index contributed by atoms with van der Waals surface area (Å²) < 4.78 is 0. The first kappa shape index (κ1) is 33.4. The number of fused-ring (bicyclic) bond motifs is 1. The normalized spacial score (nSPS) is 10.8. The quantitative estimate of drug-likeness (QED) is 0.211. The van der Waals surface area contributed by atoms with Crippen molar-refractivity contribution in [2.75, 3.05) is 0 Å². The van der Waals surface area contributed by atoms with E-state index in [0.717, 1.165) is 22.4 Å². The van der Waals surface area contributed by atoms with Crippen LogP contribution in [-0.2, 0) is 20.1 Å². The standard InChI is InChI=1S/C26H30.C10H13NO2.Ir/c1-13-11-23(20(8)17(5)15(13)3)24-12-14(2)16(4)25-21(9)18(6)19(7)22(10)26(24)25;1-5-6(2)8(4)11-9(7(5)3)10(12)13;/h1-10H3;1-4H3,(H,12,13);/q-2;;. The molecule has 0 spiro atoms. The maximum absolute atomic E-state index is 10.8. The second-order valence-electron chi connectivity index (χ2n) is 11.2. The van der Waals surface area contributed by atoms with Crippen LogP contribution in [0.15, 0.2) is 0 Å². The second kappa shape index (κ2) is 12.4. The van der Waals surface area contributed by atoms with Gasteiger partial charge >= 0.3 is 5.97 Å². The van der Waals surface area contributed by atoms with Crippen molar-refractivity contribution in [3.05, 3.63) is 95.8 Å². The molecule has 3 nitrogen and oxygen atoms in total. The Morgan fingerprint density at radius 2 is 0.925 bits per heavy atom. The number of hydrogen-bond donors (Lipinski definition) is 1. The van der Waals surface area contributed by atoms with Gasteiger partial charge in [0, 0.05) is 25.8 Å². The Balaban J connectivity index is 0.000000339. The van der Waals surface area contributed by atoms with E-state index in [9.17, 15) is 4.79 Å². The van der Waals surface area contributed by atoms with Crippen molar-refractivity contribution < 1.29 is 30.0 Å². The number of rotatable bonds is 2. The molecule has 0 aliphatic heterocycles. The molecule has 3 aromatic carbocycles. The van der Waals surface area contributed by atoms with Gasteiger partial charge in [-0.2, -0.15) is 17.7 Å². The van der Waals surface area contributed by atoms with E-state index in [1.54, 1.807) is 6.92 Å². The average Bonchev–Trinajstić information content (AvgIpc) is 2.89. The molecule has 0 atom stereocenters. The van der Waals surface area contributed by atoms with Gasteiger partial charge in [0.25, 0.3) is 0 Å². The summed E-state index contributed by atoms with van der Waals surface area (Å²) in [6.45, 7) is 29.8. The summed E-state index contributed by atoms with van der Waals surface area (Å²) in [4.78, 5) is 14.8. The molecular weight excluding hydrogens is 671 g/mol. The third kappa shape index (κ3) is 5.67. The average molecular weight is 714 g/mol. The monoisotopic (exact) mass is 714 g/mol. The predicted molar refractivity (Wildman–Crippen MR) is 165 cm³/mol. The van der Waals surface area contributed by atoms with Gasteiger partial charge in [0.15, 0.2) is 5.69 Å².